The zero-order valence-electron chi connectivity index (χ0n) is 10.7. The molecule has 0 aromatic heterocycles. The van der Waals surface area contributed by atoms with Gasteiger partial charge in [0.2, 0.25) is 0 Å². The fourth-order valence-corrected chi connectivity index (χ4v) is 6.61. The number of hydrogen-bond acceptors (Lipinski definition) is 2. The lowest BCUT2D eigenvalue weighted by Gasteiger charge is -2.59. The van der Waals surface area contributed by atoms with Gasteiger partial charge >= 0.3 is 0 Å². The predicted molar refractivity (Wildman–Crippen MR) is 76.6 cm³/mol. The van der Waals surface area contributed by atoms with Crippen LogP contribution in [0.5, 0.6) is 0 Å². The van der Waals surface area contributed by atoms with Crippen LogP contribution in [0.4, 0.5) is 0 Å². The largest absolute Gasteiger partial charge is 0.326 e. The number of benzene rings is 1. The van der Waals surface area contributed by atoms with Crippen LogP contribution in [-0.4, -0.2) is 10.8 Å². The summed E-state index contributed by atoms with van der Waals surface area (Å²) in [6.07, 6.45) is 7.03. The molecule has 5 rings (SSSR count). The summed E-state index contributed by atoms with van der Waals surface area (Å²) in [5.74, 6) is 2.75. The fraction of sp³-hybridized carbons (Fsp3) is 0.625. The van der Waals surface area contributed by atoms with E-state index in [2.05, 4.69) is 42.1 Å². The van der Waals surface area contributed by atoms with Gasteiger partial charge in [-0.2, -0.15) is 0 Å². The summed E-state index contributed by atoms with van der Waals surface area (Å²) in [4.78, 5) is 1.41. The van der Waals surface area contributed by atoms with Crippen molar-refractivity contribution in [1.29, 1.82) is 0 Å². The van der Waals surface area contributed by atoms with Crippen LogP contribution in [-0.2, 0) is 0 Å². The summed E-state index contributed by atoms with van der Waals surface area (Å²) in [5, 5.41) is 0. The van der Waals surface area contributed by atoms with E-state index in [9.17, 15) is 0 Å². The molecule has 0 aliphatic heterocycles. The molecule has 4 bridgehead atoms. The lowest BCUT2D eigenvalue weighted by molar-refractivity contribution is 0.0193. The average molecular weight is 259 g/mol. The van der Waals surface area contributed by atoms with Gasteiger partial charge in [-0.1, -0.05) is 18.2 Å². The predicted octanol–water partition coefficient (Wildman–Crippen LogP) is 3.68. The van der Waals surface area contributed by atoms with Crippen molar-refractivity contribution in [1.82, 2.24) is 0 Å². The summed E-state index contributed by atoms with van der Waals surface area (Å²) < 4.78 is 0.357. The molecule has 4 aliphatic carbocycles. The SMILES string of the molecule is NC1C2C[C@@H]3C[C@H](C2)CC1(Sc1ccccc1)C3. The molecule has 0 heterocycles. The quantitative estimate of drug-likeness (QED) is 0.876. The minimum Gasteiger partial charge on any atom is -0.326 e. The van der Waals surface area contributed by atoms with E-state index in [-0.39, 0.29) is 0 Å². The van der Waals surface area contributed by atoms with Crippen LogP contribution in [0.1, 0.15) is 32.1 Å². The lowest BCUT2D eigenvalue weighted by atomic mass is 9.54. The Kier molecular flexibility index (Phi) is 2.53. The highest BCUT2D eigenvalue weighted by atomic mass is 32.2. The van der Waals surface area contributed by atoms with Gasteiger partial charge in [0.15, 0.2) is 0 Å². The summed E-state index contributed by atoms with van der Waals surface area (Å²) >= 11 is 2.08. The highest BCUT2D eigenvalue weighted by Crippen LogP contribution is 2.61. The Balaban J connectivity index is 1.65. The lowest BCUT2D eigenvalue weighted by Crippen LogP contribution is -2.62. The van der Waals surface area contributed by atoms with Gasteiger partial charge in [-0.3, -0.25) is 0 Å². The van der Waals surface area contributed by atoms with Gasteiger partial charge in [0.25, 0.3) is 0 Å². The first-order valence-electron chi connectivity index (χ1n) is 7.25. The number of thioether (sulfide) groups is 1. The average Bonchev–Trinajstić information content (AvgIpc) is 2.36. The van der Waals surface area contributed by atoms with E-state index >= 15 is 0 Å². The van der Waals surface area contributed by atoms with Gasteiger partial charge < -0.3 is 5.73 Å². The van der Waals surface area contributed by atoms with E-state index in [1.807, 2.05) is 0 Å². The van der Waals surface area contributed by atoms with Crippen molar-refractivity contribution in [3.05, 3.63) is 30.3 Å². The van der Waals surface area contributed by atoms with Crippen molar-refractivity contribution in [3.63, 3.8) is 0 Å². The van der Waals surface area contributed by atoms with Crippen molar-refractivity contribution < 1.29 is 0 Å². The fourth-order valence-electron chi connectivity index (χ4n) is 4.88. The van der Waals surface area contributed by atoms with Crippen molar-refractivity contribution in [3.8, 4) is 0 Å². The third kappa shape index (κ3) is 1.65. The van der Waals surface area contributed by atoms with Crippen LogP contribution in [0.25, 0.3) is 0 Å². The number of rotatable bonds is 2. The molecule has 4 saturated carbocycles. The molecule has 1 nitrogen and oxygen atoms in total. The molecule has 2 N–H and O–H groups in total. The molecule has 1 aromatic carbocycles. The second-order valence-electron chi connectivity index (χ2n) is 6.61. The van der Waals surface area contributed by atoms with Crippen LogP contribution in [0, 0.1) is 17.8 Å². The minimum absolute atomic E-state index is 0.357. The molecule has 0 saturated heterocycles. The van der Waals surface area contributed by atoms with E-state index in [4.69, 9.17) is 5.73 Å². The monoisotopic (exact) mass is 259 g/mol. The third-order valence-corrected chi connectivity index (χ3v) is 6.91. The van der Waals surface area contributed by atoms with Gasteiger partial charge in [-0.05, 0) is 62.0 Å². The van der Waals surface area contributed by atoms with Gasteiger partial charge in [0.05, 0.1) is 0 Å². The molecule has 18 heavy (non-hydrogen) atoms. The molecule has 0 radical (unpaired) electrons. The highest BCUT2D eigenvalue weighted by molar-refractivity contribution is 8.00. The maximum Gasteiger partial charge on any atom is 0.0366 e. The molecular formula is C16H21NS. The Morgan fingerprint density at radius 3 is 2.33 bits per heavy atom. The second-order valence-corrected chi connectivity index (χ2v) is 8.10. The smallest absolute Gasteiger partial charge is 0.0366 e. The molecule has 96 valence electrons. The molecule has 4 fully saturated rings. The molecule has 1 aromatic rings. The minimum atomic E-state index is 0.357. The standard InChI is InChI=1S/C16H21NS/c17-15-13-7-11-6-12(8-13)10-16(15,9-11)18-14-4-2-1-3-5-14/h1-5,11-13,15H,6-10,17H2/t11-,12+,13?,15?,16?. The molecule has 3 unspecified atom stereocenters. The Bertz CT molecular complexity index is 430. The van der Waals surface area contributed by atoms with Crippen LogP contribution < -0.4 is 5.73 Å². The number of hydrogen-bond donors (Lipinski definition) is 1. The summed E-state index contributed by atoms with van der Waals surface area (Å²) in [5.41, 5.74) is 6.63. The molecule has 2 heteroatoms. The second kappa shape index (κ2) is 4.01. The van der Waals surface area contributed by atoms with Crippen LogP contribution in [0.3, 0.4) is 0 Å². The maximum atomic E-state index is 6.63. The van der Waals surface area contributed by atoms with Gasteiger partial charge in [0, 0.05) is 15.7 Å². The molecule has 0 spiro atoms. The molecular weight excluding hydrogens is 238 g/mol. The Morgan fingerprint density at radius 1 is 1.00 bits per heavy atom. The highest BCUT2D eigenvalue weighted by Gasteiger charge is 2.56. The first-order chi connectivity index (χ1) is 8.75. The van der Waals surface area contributed by atoms with Crippen molar-refractivity contribution in [2.24, 2.45) is 23.5 Å². The van der Waals surface area contributed by atoms with Gasteiger partial charge in [0.1, 0.15) is 0 Å². The van der Waals surface area contributed by atoms with E-state index < -0.39 is 0 Å². The topological polar surface area (TPSA) is 26.0 Å². The maximum absolute atomic E-state index is 6.63. The summed E-state index contributed by atoms with van der Waals surface area (Å²) in [6, 6.07) is 11.3. The van der Waals surface area contributed by atoms with Crippen molar-refractivity contribution in [2.45, 2.75) is 47.8 Å². The molecule has 5 atom stereocenters. The zero-order valence-corrected chi connectivity index (χ0v) is 11.5. The first kappa shape index (κ1) is 11.4. The summed E-state index contributed by atoms with van der Waals surface area (Å²) in [7, 11) is 0. The van der Waals surface area contributed by atoms with Gasteiger partial charge in [-0.25, -0.2) is 0 Å². The van der Waals surface area contributed by atoms with E-state index in [1.165, 1.54) is 37.0 Å². The Morgan fingerprint density at radius 2 is 1.67 bits per heavy atom. The van der Waals surface area contributed by atoms with Crippen molar-refractivity contribution in [2.75, 3.05) is 0 Å². The van der Waals surface area contributed by atoms with Crippen LogP contribution in [0.2, 0.25) is 0 Å². The third-order valence-electron chi connectivity index (χ3n) is 5.39. The van der Waals surface area contributed by atoms with Crippen LogP contribution >= 0.6 is 11.8 Å². The summed E-state index contributed by atoms with van der Waals surface area (Å²) in [6.45, 7) is 0. The van der Waals surface area contributed by atoms with E-state index in [0.29, 0.717) is 10.8 Å². The molecule has 4 aliphatic rings. The van der Waals surface area contributed by atoms with Crippen LogP contribution in [0.15, 0.2) is 35.2 Å². The van der Waals surface area contributed by atoms with E-state index in [0.717, 1.165) is 17.8 Å². The molecule has 0 amide bonds. The van der Waals surface area contributed by atoms with Crippen molar-refractivity contribution >= 4 is 11.8 Å². The Labute approximate surface area is 114 Å². The van der Waals surface area contributed by atoms with E-state index in [1.54, 1.807) is 0 Å². The Hall–Kier alpha value is -0.470. The number of nitrogens with two attached hydrogens (primary N) is 1. The normalized spacial score (nSPS) is 45.4. The van der Waals surface area contributed by atoms with Gasteiger partial charge in [-0.15, -0.1) is 11.8 Å². The zero-order chi connectivity index (χ0) is 12.2. The first-order valence-corrected chi connectivity index (χ1v) is 8.06.